The highest BCUT2D eigenvalue weighted by atomic mass is 32.2. The van der Waals surface area contributed by atoms with Gasteiger partial charge in [-0.2, -0.15) is 0 Å². The van der Waals surface area contributed by atoms with Gasteiger partial charge in [0.1, 0.15) is 5.82 Å². The fourth-order valence-corrected chi connectivity index (χ4v) is 3.99. The Morgan fingerprint density at radius 1 is 1.06 bits per heavy atom. The summed E-state index contributed by atoms with van der Waals surface area (Å²) in [6.07, 6.45) is 0. The van der Waals surface area contributed by atoms with Crippen LogP contribution in [0.1, 0.15) is 24.4 Å². The topological polar surface area (TPSA) is 83.4 Å². The van der Waals surface area contributed by atoms with Crippen molar-refractivity contribution in [2.75, 3.05) is 38.8 Å². The van der Waals surface area contributed by atoms with Gasteiger partial charge >= 0.3 is 0 Å². The Labute approximate surface area is 203 Å². The van der Waals surface area contributed by atoms with Gasteiger partial charge in [-0.3, -0.25) is 19.1 Å². The van der Waals surface area contributed by atoms with Crippen LogP contribution in [0.5, 0.6) is 0 Å². The Morgan fingerprint density at radius 2 is 1.71 bits per heavy atom. The van der Waals surface area contributed by atoms with Crippen LogP contribution >= 0.6 is 11.8 Å². The van der Waals surface area contributed by atoms with Gasteiger partial charge in [-0.05, 0) is 64.3 Å². The molecule has 0 saturated heterocycles. The summed E-state index contributed by atoms with van der Waals surface area (Å²) in [6.45, 7) is 3.89. The average molecular weight is 485 g/mol. The summed E-state index contributed by atoms with van der Waals surface area (Å²) in [5.41, 5.74) is 2.48. The normalized spacial score (nSPS) is 12.0. The van der Waals surface area contributed by atoms with E-state index in [-0.39, 0.29) is 36.0 Å². The Kier molecular flexibility index (Phi) is 8.41. The van der Waals surface area contributed by atoms with E-state index in [2.05, 4.69) is 15.5 Å². The molecule has 3 rings (SSSR count). The van der Waals surface area contributed by atoms with Crippen LogP contribution in [-0.4, -0.2) is 69.8 Å². The number of aryl methyl sites for hydroxylation is 1. The van der Waals surface area contributed by atoms with Crippen LogP contribution in [-0.2, 0) is 9.59 Å². The van der Waals surface area contributed by atoms with E-state index < -0.39 is 0 Å². The van der Waals surface area contributed by atoms with E-state index >= 15 is 0 Å². The summed E-state index contributed by atoms with van der Waals surface area (Å²) in [5.74, 6) is -0.0863. The first-order valence-electron chi connectivity index (χ1n) is 10.8. The fraction of sp³-hybridized carbons (Fsp3) is 0.333. The fourth-order valence-electron chi connectivity index (χ4n) is 3.09. The summed E-state index contributed by atoms with van der Waals surface area (Å²) in [4.78, 5) is 28.4. The molecule has 1 aromatic heterocycles. The van der Waals surface area contributed by atoms with Gasteiger partial charge in [-0.15, -0.1) is 10.2 Å². The third-order valence-corrected chi connectivity index (χ3v) is 6.27. The molecule has 0 saturated carbocycles. The molecule has 1 atom stereocenters. The van der Waals surface area contributed by atoms with Crippen molar-refractivity contribution in [3.05, 3.63) is 65.7 Å². The lowest BCUT2D eigenvalue weighted by molar-refractivity contribution is -0.131. The van der Waals surface area contributed by atoms with Crippen molar-refractivity contribution in [2.45, 2.75) is 25.0 Å². The monoisotopic (exact) mass is 484 g/mol. The Morgan fingerprint density at radius 3 is 2.32 bits per heavy atom. The van der Waals surface area contributed by atoms with Crippen molar-refractivity contribution in [3.63, 3.8) is 0 Å². The standard InChI is InChI=1S/C24H29FN6O2S/c1-16-6-10-19(11-7-16)26-21(32)14-30(5)22(33)15-34-24-28-27-23(17(2)29(3)4)31(24)20-12-8-18(25)9-13-20/h6-13,17H,14-15H2,1-5H3,(H,26,32)/t17-/m0/s1. The van der Waals surface area contributed by atoms with E-state index in [4.69, 9.17) is 0 Å². The van der Waals surface area contributed by atoms with E-state index in [1.165, 1.54) is 28.8 Å². The largest absolute Gasteiger partial charge is 0.336 e. The van der Waals surface area contributed by atoms with Crippen LogP contribution in [0.3, 0.4) is 0 Å². The first kappa shape index (κ1) is 25.4. The second-order valence-corrected chi connectivity index (χ2v) is 9.19. The van der Waals surface area contributed by atoms with E-state index in [0.717, 1.165) is 5.56 Å². The van der Waals surface area contributed by atoms with Crippen molar-refractivity contribution in [3.8, 4) is 5.69 Å². The summed E-state index contributed by atoms with van der Waals surface area (Å²) in [5, 5.41) is 11.9. The lowest BCUT2D eigenvalue weighted by atomic mass is 10.2. The van der Waals surface area contributed by atoms with E-state index in [9.17, 15) is 14.0 Å². The third kappa shape index (κ3) is 6.42. The summed E-state index contributed by atoms with van der Waals surface area (Å²) in [6, 6.07) is 13.4. The van der Waals surface area contributed by atoms with Gasteiger partial charge in [-0.25, -0.2) is 4.39 Å². The number of carbonyl (C=O) groups is 2. The number of anilines is 1. The maximum Gasteiger partial charge on any atom is 0.243 e. The van der Waals surface area contributed by atoms with Gasteiger partial charge in [0.05, 0.1) is 18.3 Å². The van der Waals surface area contributed by atoms with Gasteiger partial charge in [0.15, 0.2) is 11.0 Å². The number of thioether (sulfide) groups is 1. The van der Waals surface area contributed by atoms with Crippen molar-refractivity contribution < 1.29 is 14.0 Å². The van der Waals surface area contributed by atoms with E-state index in [1.807, 2.05) is 61.7 Å². The maximum absolute atomic E-state index is 13.5. The minimum absolute atomic E-state index is 0.0595. The predicted octanol–water partition coefficient (Wildman–Crippen LogP) is 3.53. The number of hydrogen-bond donors (Lipinski definition) is 1. The summed E-state index contributed by atoms with van der Waals surface area (Å²) >= 11 is 1.22. The smallest absolute Gasteiger partial charge is 0.243 e. The molecule has 0 aliphatic carbocycles. The molecule has 3 aromatic rings. The number of nitrogens with zero attached hydrogens (tertiary/aromatic N) is 5. The number of carbonyl (C=O) groups excluding carboxylic acids is 2. The number of benzene rings is 2. The molecule has 0 spiro atoms. The van der Waals surface area contributed by atoms with Crippen molar-refractivity contribution in [2.24, 2.45) is 0 Å². The average Bonchev–Trinajstić information content (AvgIpc) is 3.22. The zero-order valence-electron chi connectivity index (χ0n) is 19.9. The number of aromatic nitrogens is 3. The quantitative estimate of drug-likeness (QED) is 0.468. The van der Waals surface area contributed by atoms with E-state index in [1.54, 1.807) is 19.2 Å². The highest BCUT2D eigenvalue weighted by Gasteiger charge is 2.22. The SMILES string of the molecule is Cc1ccc(NC(=O)CN(C)C(=O)CSc2nnc([C@H](C)N(C)C)n2-c2ccc(F)cc2)cc1. The van der Waals surface area contributed by atoms with Gasteiger partial charge in [0.2, 0.25) is 11.8 Å². The molecule has 1 N–H and O–H groups in total. The first-order chi connectivity index (χ1) is 16.2. The number of hydrogen-bond acceptors (Lipinski definition) is 6. The van der Waals surface area contributed by atoms with Crippen molar-refractivity contribution in [1.29, 1.82) is 0 Å². The zero-order valence-corrected chi connectivity index (χ0v) is 20.8. The molecule has 10 heteroatoms. The first-order valence-corrected chi connectivity index (χ1v) is 11.7. The molecule has 2 amide bonds. The molecule has 34 heavy (non-hydrogen) atoms. The van der Waals surface area contributed by atoms with Gasteiger partial charge in [0.25, 0.3) is 0 Å². The molecule has 180 valence electrons. The molecule has 0 aliphatic rings. The molecule has 0 aliphatic heterocycles. The van der Waals surface area contributed by atoms with Crippen LogP contribution in [0, 0.1) is 12.7 Å². The van der Waals surface area contributed by atoms with Crippen LogP contribution < -0.4 is 5.32 Å². The third-order valence-electron chi connectivity index (χ3n) is 5.36. The predicted molar refractivity (Wildman–Crippen MR) is 132 cm³/mol. The van der Waals surface area contributed by atoms with Gasteiger partial charge in [0, 0.05) is 18.4 Å². The van der Waals surface area contributed by atoms with Crippen LogP contribution in [0.25, 0.3) is 5.69 Å². The second-order valence-electron chi connectivity index (χ2n) is 8.24. The molecular formula is C24H29FN6O2S. The Balaban J connectivity index is 1.67. The zero-order chi connectivity index (χ0) is 24.8. The van der Waals surface area contributed by atoms with Crippen LogP contribution in [0.15, 0.2) is 53.7 Å². The molecule has 8 nitrogen and oxygen atoms in total. The number of rotatable bonds is 9. The molecule has 0 unspecified atom stereocenters. The lowest BCUT2D eigenvalue weighted by Gasteiger charge is -2.20. The van der Waals surface area contributed by atoms with Crippen molar-refractivity contribution in [1.82, 2.24) is 24.6 Å². The van der Waals surface area contributed by atoms with Crippen molar-refractivity contribution >= 4 is 29.3 Å². The Hall–Kier alpha value is -3.24. The van der Waals surface area contributed by atoms with Gasteiger partial charge in [-0.1, -0.05) is 29.5 Å². The number of amides is 2. The molecule has 1 heterocycles. The minimum Gasteiger partial charge on any atom is -0.336 e. The minimum atomic E-state index is -0.339. The number of nitrogens with one attached hydrogen (secondary N) is 1. The molecule has 0 fully saturated rings. The molecule has 2 aromatic carbocycles. The van der Waals surface area contributed by atoms with Crippen LogP contribution in [0.2, 0.25) is 0 Å². The highest BCUT2D eigenvalue weighted by molar-refractivity contribution is 7.99. The molecular weight excluding hydrogens is 455 g/mol. The van der Waals surface area contributed by atoms with E-state index in [0.29, 0.717) is 22.4 Å². The molecule has 0 radical (unpaired) electrons. The summed E-state index contributed by atoms with van der Waals surface area (Å²) in [7, 11) is 5.45. The molecule has 0 bridgehead atoms. The maximum atomic E-state index is 13.5. The number of likely N-dealkylation sites (N-methyl/N-ethyl adjacent to an activating group) is 1. The summed E-state index contributed by atoms with van der Waals surface area (Å²) < 4.78 is 15.3. The second kappa shape index (κ2) is 11.3. The lowest BCUT2D eigenvalue weighted by Crippen LogP contribution is -2.36. The van der Waals surface area contributed by atoms with Gasteiger partial charge < -0.3 is 10.2 Å². The van der Waals surface area contributed by atoms with Crippen LogP contribution in [0.4, 0.5) is 10.1 Å². The highest BCUT2D eigenvalue weighted by Crippen LogP contribution is 2.27. The number of halogens is 1. The Bertz CT molecular complexity index is 1130.